The molecular formula is C24H29F3N4O3S. The average Bonchev–Trinajstić information content (AvgIpc) is 3.08. The Morgan fingerprint density at radius 3 is 2.43 bits per heavy atom. The van der Waals surface area contributed by atoms with Gasteiger partial charge in [-0.3, -0.25) is 14.7 Å². The highest BCUT2D eigenvalue weighted by molar-refractivity contribution is 7.88. The predicted molar refractivity (Wildman–Crippen MR) is 125 cm³/mol. The molecule has 7 nitrogen and oxygen atoms in total. The number of amides is 1. The first-order chi connectivity index (χ1) is 16.3. The highest BCUT2D eigenvalue weighted by atomic mass is 32.2. The van der Waals surface area contributed by atoms with Gasteiger partial charge in [-0.1, -0.05) is 26.0 Å². The van der Waals surface area contributed by atoms with E-state index in [9.17, 15) is 26.4 Å². The van der Waals surface area contributed by atoms with Crippen molar-refractivity contribution in [3.8, 4) is 0 Å². The zero-order valence-electron chi connectivity index (χ0n) is 19.8. The van der Waals surface area contributed by atoms with Crippen molar-refractivity contribution in [3.05, 3.63) is 64.5 Å². The molecule has 0 spiro atoms. The minimum atomic E-state index is -4.37. The van der Waals surface area contributed by atoms with E-state index in [0.29, 0.717) is 38.3 Å². The number of hydrogen-bond acceptors (Lipinski definition) is 5. The summed E-state index contributed by atoms with van der Waals surface area (Å²) >= 11 is 0. The third-order valence-corrected chi connectivity index (χ3v) is 7.79. The monoisotopic (exact) mass is 510 g/mol. The quantitative estimate of drug-likeness (QED) is 0.617. The van der Waals surface area contributed by atoms with Crippen LogP contribution in [0.15, 0.2) is 36.5 Å². The van der Waals surface area contributed by atoms with Crippen molar-refractivity contribution in [2.75, 3.05) is 25.9 Å². The summed E-state index contributed by atoms with van der Waals surface area (Å²) in [4.78, 5) is 19.4. The van der Waals surface area contributed by atoms with Crippen LogP contribution < -0.4 is 5.32 Å². The fourth-order valence-electron chi connectivity index (χ4n) is 4.71. The molecule has 1 amide bonds. The normalized spacial score (nSPS) is 19.6. The summed E-state index contributed by atoms with van der Waals surface area (Å²) in [5.41, 5.74) is 2.34. The lowest BCUT2D eigenvalue weighted by atomic mass is 9.99. The summed E-state index contributed by atoms with van der Waals surface area (Å²) < 4.78 is 63.0. The number of pyridine rings is 1. The Bertz CT molecular complexity index is 1190. The van der Waals surface area contributed by atoms with E-state index in [-0.39, 0.29) is 23.8 Å². The number of nitrogens with one attached hydrogen (secondary N) is 1. The van der Waals surface area contributed by atoms with E-state index in [1.165, 1.54) is 22.7 Å². The van der Waals surface area contributed by atoms with Gasteiger partial charge in [0.1, 0.15) is 0 Å². The summed E-state index contributed by atoms with van der Waals surface area (Å²) in [5, 5.41) is 2.86. The number of carbonyl (C=O) groups is 1. The van der Waals surface area contributed by atoms with Gasteiger partial charge in [-0.15, -0.1) is 0 Å². The topological polar surface area (TPSA) is 82.6 Å². The Hall–Kier alpha value is -2.50. The molecule has 4 rings (SSSR count). The first kappa shape index (κ1) is 25.6. The van der Waals surface area contributed by atoms with Crippen LogP contribution in [0.25, 0.3) is 0 Å². The van der Waals surface area contributed by atoms with Gasteiger partial charge >= 0.3 is 6.18 Å². The third kappa shape index (κ3) is 5.68. The second kappa shape index (κ2) is 9.51. The molecule has 2 aliphatic heterocycles. The number of halogens is 3. The molecule has 2 aliphatic rings. The minimum Gasteiger partial charge on any atom is -0.352 e. The van der Waals surface area contributed by atoms with Crippen LogP contribution in [0.5, 0.6) is 0 Å². The molecule has 1 atom stereocenters. The van der Waals surface area contributed by atoms with E-state index < -0.39 is 21.8 Å². The molecule has 1 N–H and O–H groups in total. The molecule has 0 radical (unpaired) electrons. The predicted octanol–water partition coefficient (Wildman–Crippen LogP) is 3.43. The average molecular weight is 511 g/mol. The van der Waals surface area contributed by atoms with Crippen LogP contribution in [0.4, 0.5) is 13.2 Å². The second-order valence-electron chi connectivity index (χ2n) is 9.71. The largest absolute Gasteiger partial charge is 0.416 e. The van der Waals surface area contributed by atoms with E-state index >= 15 is 0 Å². The van der Waals surface area contributed by atoms with E-state index in [2.05, 4.69) is 29.0 Å². The van der Waals surface area contributed by atoms with Crippen molar-refractivity contribution < 1.29 is 26.4 Å². The molecule has 1 fully saturated rings. The Labute approximate surface area is 203 Å². The molecule has 35 heavy (non-hydrogen) atoms. The molecule has 1 aromatic heterocycles. The SMILES string of the molecule is CC(C)C1c2ncc(C(=O)NCC3CN(S(C)(=O)=O)C3)cc2CN1Cc1ccc(C(F)(F)F)cc1. The molecule has 0 saturated carbocycles. The molecule has 1 unspecified atom stereocenters. The number of benzene rings is 1. The first-order valence-electron chi connectivity index (χ1n) is 11.4. The van der Waals surface area contributed by atoms with Gasteiger partial charge in [0.05, 0.1) is 29.1 Å². The van der Waals surface area contributed by atoms with Gasteiger partial charge in [-0.05, 0) is 35.2 Å². The number of carbonyl (C=O) groups excluding carboxylic acids is 1. The minimum absolute atomic E-state index is 0.0126. The smallest absolute Gasteiger partial charge is 0.352 e. The molecule has 1 aromatic carbocycles. The Balaban J connectivity index is 1.41. The van der Waals surface area contributed by atoms with Crippen molar-refractivity contribution in [1.29, 1.82) is 0 Å². The fourth-order valence-corrected chi connectivity index (χ4v) is 5.68. The van der Waals surface area contributed by atoms with Gasteiger partial charge in [0.25, 0.3) is 5.91 Å². The summed E-state index contributed by atoms with van der Waals surface area (Å²) in [6.07, 6.45) is -1.65. The number of sulfonamides is 1. The van der Waals surface area contributed by atoms with E-state index in [1.54, 1.807) is 6.20 Å². The number of alkyl halides is 3. The highest BCUT2D eigenvalue weighted by Gasteiger charge is 2.36. The maximum absolute atomic E-state index is 12.9. The van der Waals surface area contributed by atoms with Crippen molar-refractivity contribution in [2.45, 2.75) is 39.2 Å². The lowest BCUT2D eigenvalue weighted by Gasteiger charge is -2.37. The molecular weight excluding hydrogens is 481 g/mol. The van der Waals surface area contributed by atoms with Crippen molar-refractivity contribution in [3.63, 3.8) is 0 Å². The van der Waals surface area contributed by atoms with Crippen LogP contribution in [0.2, 0.25) is 0 Å². The lowest BCUT2D eigenvalue weighted by molar-refractivity contribution is -0.137. The van der Waals surface area contributed by atoms with Crippen LogP contribution in [0, 0.1) is 11.8 Å². The maximum Gasteiger partial charge on any atom is 0.416 e. The Morgan fingerprint density at radius 1 is 1.20 bits per heavy atom. The molecule has 2 aromatic rings. The number of rotatable bonds is 7. The van der Waals surface area contributed by atoms with Gasteiger partial charge in [-0.25, -0.2) is 12.7 Å². The summed E-state index contributed by atoms with van der Waals surface area (Å²) in [6, 6.07) is 7.01. The van der Waals surface area contributed by atoms with Crippen molar-refractivity contribution in [1.82, 2.24) is 19.5 Å². The van der Waals surface area contributed by atoms with E-state index in [4.69, 9.17) is 0 Å². The summed E-state index contributed by atoms with van der Waals surface area (Å²) in [6.45, 7) is 6.33. The summed E-state index contributed by atoms with van der Waals surface area (Å²) in [5.74, 6) is 0.0373. The van der Waals surface area contributed by atoms with Gasteiger partial charge in [0.15, 0.2) is 0 Å². The first-order valence-corrected chi connectivity index (χ1v) is 13.3. The highest BCUT2D eigenvalue weighted by Crippen LogP contribution is 2.39. The van der Waals surface area contributed by atoms with Crippen molar-refractivity contribution >= 4 is 15.9 Å². The van der Waals surface area contributed by atoms with Crippen LogP contribution in [-0.4, -0.2) is 54.4 Å². The fraction of sp³-hybridized carbons (Fsp3) is 0.500. The van der Waals surface area contributed by atoms with Crippen LogP contribution >= 0.6 is 0 Å². The second-order valence-corrected chi connectivity index (χ2v) is 11.7. The molecule has 3 heterocycles. The van der Waals surface area contributed by atoms with E-state index in [0.717, 1.165) is 29.0 Å². The summed E-state index contributed by atoms with van der Waals surface area (Å²) in [7, 11) is -3.19. The van der Waals surface area contributed by atoms with E-state index in [1.807, 2.05) is 6.07 Å². The van der Waals surface area contributed by atoms with Gasteiger partial charge < -0.3 is 5.32 Å². The number of fused-ring (bicyclic) bond motifs is 1. The number of nitrogens with zero attached hydrogens (tertiary/aromatic N) is 3. The molecule has 190 valence electrons. The van der Waals surface area contributed by atoms with Crippen LogP contribution in [0.1, 0.15) is 52.6 Å². The van der Waals surface area contributed by atoms with Crippen molar-refractivity contribution in [2.24, 2.45) is 11.8 Å². The molecule has 11 heteroatoms. The zero-order chi connectivity index (χ0) is 25.5. The maximum atomic E-state index is 12.9. The third-order valence-electron chi connectivity index (χ3n) is 6.55. The zero-order valence-corrected chi connectivity index (χ0v) is 20.7. The Morgan fingerprint density at radius 2 is 1.86 bits per heavy atom. The lowest BCUT2D eigenvalue weighted by Crippen LogP contribution is -2.53. The number of hydrogen-bond donors (Lipinski definition) is 1. The van der Waals surface area contributed by atoms with Crippen LogP contribution in [0.3, 0.4) is 0 Å². The van der Waals surface area contributed by atoms with Gasteiger partial charge in [-0.2, -0.15) is 13.2 Å². The molecule has 1 saturated heterocycles. The molecule has 0 bridgehead atoms. The molecule has 0 aliphatic carbocycles. The standard InChI is InChI=1S/C24H29F3N4O3S/c1-15(2)22-21-19(14-30(22)11-16-4-6-20(7-5-16)24(25,26)27)8-18(10-28-21)23(32)29-9-17-12-31(13-17)35(3,33)34/h4-8,10,15,17,22H,9,11-14H2,1-3H3,(H,29,32). The van der Waals surface area contributed by atoms with Gasteiger partial charge in [0, 0.05) is 44.8 Å². The number of aromatic nitrogens is 1. The van der Waals surface area contributed by atoms with Gasteiger partial charge in [0.2, 0.25) is 10.0 Å². The van der Waals surface area contributed by atoms with Crippen LogP contribution in [-0.2, 0) is 29.3 Å². The Kier molecular flexibility index (Phi) is 6.96.